The van der Waals surface area contributed by atoms with Gasteiger partial charge in [0.2, 0.25) is 0 Å². The van der Waals surface area contributed by atoms with Gasteiger partial charge in [-0.25, -0.2) is 4.79 Å². The van der Waals surface area contributed by atoms with E-state index in [1.807, 2.05) is 30.3 Å². The van der Waals surface area contributed by atoms with Gasteiger partial charge in [-0.3, -0.25) is 4.79 Å². The topological polar surface area (TPSA) is 75.6 Å². The van der Waals surface area contributed by atoms with Gasteiger partial charge < -0.3 is 15.2 Å². The van der Waals surface area contributed by atoms with Crippen molar-refractivity contribution in [2.24, 2.45) is 5.92 Å². The van der Waals surface area contributed by atoms with Gasteiger partial charge in [-0.15, -0.1) is 0 Å². The van der Waals surface area contributed by atoms with E-state index in [1.165, 1.54) is 37.4 Å². The van der Waals surface area contributed by atoms with Crippen molar-refractivity contribution in [3.05, 3.63) is 119 Å². The van der Waals surface area contributed by atoms with Crippen LogP contribution < -0.4 is 5.32 Å². The van der Waals surface area contributed by atoms with Gasteiger partial charge in [0, 0.05) is 0 Å². The van der Waals surface area contributed by atoms with Crippen molar-refractivity contribution in [1.29, 1.82) is 0 Å². The molecule has 1 unspecified atom stereocenters. The predicted octanol–water partition coefficient (Wildman–Crippen LogP) is 8.31. The van der Waals surface area contributed by atoms with E-state index in [0.717, 1.165) is 28.8 Å². The number of allylic oxidation sites excluding steroid dienone is 6. The minimum atomic E-state index is -4.53. The molecule has 1 amide bonds. The van der Waals surface area contributed by atoms with E-state index < -0.39 is 36.3 Å². The maximum Gasteiger partial charge on any atom is 0.416 e. The number of phenolic OH excluding ortho intramolecular Hbond substituents is 1. The Morgan fingerprint density at radius 1 is 0.933 bits per heavy atom. The minimum Gasteiger partial charge on any atom is -0.507 e. The highest BCUT2D eigenvalue weighted by Crippen LogP contribution is 2.33. The summed E-state index contributed by atoms with van der Waals surface area (Å²) in [7, 11) is 1.21. The quantitative estimate of drug-likeness (QED) is 0.194. The van der Waals surface area contributed by atoms with E-state index in [0.29, 0.717) is 17.9 Å². The number of methoxy groups -OCH3 is 1. The summed E-state index contributed by atoms with van der Waals surface area (Å²) in [6.45, 7) is -1.56. The fraction of sp³-hybridized carbons (Fsp3) is 0.235. The highest BCUT2D eigenvalue weighted by molar-refractivity contribution is 6.00. The summed E-state index contributed by atoms with van der Waals surface area (Å²) >= 11 is 0. The summed E-state index contributed by atoms with van der Waals surface area (Å²) in [5, 5.41) is 13.0. The van der Waals surface area contributed by atoms with Crippen molar-refractivity contribution in [2.75, 3.05) is 7.11 Å². The zero-order valence-electron chi connectivity index (χ0n) is 24.3. The molecule has 11 heteroatoms. The lowest BCUT2D eigenvalue weighted by Crippen LogP contribution is -2.41. The third kappa shape index (κ3) is 10.4. The lowest BCUT2D eigenvalue weighted by molar-refractivity contribution is -0.143. The molecule has 0 aromatic heterocycles. The zero-order valence-corrected chi connectivity index (χ0v) is 24.3. The number of benzene rings is 3. The third-order valence-electron chi connectivity index (χ3n) is 6.83. The van der Waals surface area contributed by atoms with Crippen LogP contribution in [0, 0.1) is 5.92 Å². The Morgan fingerprint density at radius 3 is 2.22 bits per heavy atom. The molecule has 0 bridgehead atoms. The predicted molar refractivity (Wildman–Crippen MR) is 159 cm³/mol. The molecule has 3 aromatic rings. The fourth-order valence-corrected chi connectivity index (χ4v) is 4.48. The summed E-state index contributed by atoms with van der Waals surface area (Å²) in [5.41, 5.74) is 2.61. The number of aromatic hydroxyl groups is 1. The number of ether oxygens (including phenoxy) is 1. The van der Waals surface area contributed by atoms with Crippen LogP contribution in [0.25, 0.3) is 16.7 Å². The average molecular weight is 632 g/mol. The molecule has 0 aliphatic heterocycles. The van der Waals surface area contributed by atoms with Crippen molar-refractivity contribution < 1.29 is 45.8 Å². The van der Waals surface area contributed by atoms with E-state index in [9.17, 15) is 41.0 Å². The molecule has 0 saturated heterocycles. The number of rotatable bonds is 8. The van der Waals surface area contributed by atoms with Crippen LogP contribution in [0.3, 0.4) is 0 Å². The summed E-state index contributed by atoms with van der Waals surface area (Å²) in [4.78, 5) is 25.6. The molecule has 3 aromatic carbocycles. The van der Waals surface area contributed by atoms with Gasteiger partial charge in [0.25, 0.3) is 5.91 Å². The number of phenols is 1. The lowest BCUT2D eigenvalue weighted by atomic mass is 9.99. The SMILES string of the molecule is COC(=O)[C@H](CCc1ccc(C2=CC=CC(C)C=C2)cc1)NC(=O)c1cc(-c2cccc(C(F)(F)F)c2)ccc1O.FC(F)F. The second kappa shape index (κ2) is 15.8. The molecule has 2 N–H and O–H groups in total. The number of esters is 1. The number of carbonyl (C=O) groups is 2. The molecule has 0 heterocycles. The van der Waals surface area contributed by atoms with Crippen LogP contribution in [0.5, 0.6) is 5.75 Å². The normalized spacial score (nSPS) is 15.0. The molecule has 0 spiro atoms. The summed E-state index contributed by atoms with van der Waals surface area (Å²) < 4.78 is 73.4. The van der Waals surface area contributed by atoms with E-state index in [-0.39, 0.29) is 23.3 Å². The van der Waals surface area contributed by atoms with Gasteiger partial charge >= 0.3 is 18.8 Å². The van der Waals surface area contributed by atoms with Crippen LogP contribution in [0.1, 0.15) is 40.4 Å². The first-order valence-corrected chi connectivity index (χ1v) is 13.8. The molecule has 1 aliphatic rings. The monoisotopic (exact) mass is 631 g/mol. The van der Waals surface area contributed by atoms with E-state index in [1.54, 1.807) is 0 Å². The Labute approximate surface area is 256 Å². The Bertz CT molecular complexity index is 1560. The number of aryl methyl sites for hydroxylation is 1. The largest absolute Gasteiger partial charge is 0.507 e. The van der Waals surface area contributed by atoms with E-state index >= 15 is 0 Å². The van der Waals surface area contributed by atoms with Gasteiger partial charge in [0.1, 0.15) is 11.8 Å². The Morgan fingerprint density at radius 2 is 1.58 bits per heavy atom. The molecular weight excluding hydrogens is 600 g/mol. The fourth-order valence-electron chi connectivity index (χ4n) is 4.48. The first-order valence-electron chi connectivity index (χ1n) is 13.8. The third-order valence-corrected chi connectivity index (χ3v) is 6.83. The summed E-state index contributed by atoms with van der Waals surface area (Å²) in [5.74, 6) is -1.42. The Balaban J connectivity index is 0.00000130. The summed E-state index contributed by atoms with van der Waals surface area (Å²) in [6.07, 6.45) is 6.57. The van der Waals surface area contributed by atoms with Crippen LogP contribution in [0.4, 0.5) is 26.3 Å². The maximum absolute atomic E-state index is 13.2. The standard InChI is InChI=1S/C33H30F3NO4.CHF3/c1-21-5-3-6-23(13-9-21)24-14-10-22(11-15-24)12-17-29(32(40)41-2)37-31(39)28-20-26(16-18-30(28)38)25-7-4-8-27(19-25)33(34,35)36;2-1(3)4/h3-11,13-16,18-21,29,38H,12,17H2,1-2H3,(H,37,39);1H/t21?,29-;/m0./s1. The van der Waals surface area contributed by atoms with Gasteiger partial charge in [-0.05, 0) is 70.9 Å². The highest BCUT2D eigenvalue weighted by Gasteiger charge is 2.30. The highest BCUT2D eigenvalue weighted by atomic mass is 19.4. The minimum absolute atomic E-state index is 0.175. The number of halogens is 6. The van der Waals surface area contributed by atoms with Crippen LogP contribution in [-0.4, -0.2) is 36.8 Å². The molecular formula is C34H31F6NO4. The number of nitrogens with one attached hydrogen (secondary N) is 1. The van der Waals surface area contributed by atoms with E-state index in [4.69, 9.17) is 4.74 Å². The average Bonchev–Trinajstić information content (AvgIpc) is 3.23. The second-order valence-electron chi connectivity index (χ2n) is 10.1. The van der Waals surface area contributed by atoms with Crippen molar-refractivity contribution in [3.63, 3.8) is 0 Å². The molecule has 5 nitrogen and oxygen atoms in total. The molecule has 45 heavy (non-hydrogen) atoms. The molecule has 0 radical (unpaired) electrons. The van der Waals surface area contributed by atoms with Crippen LogP contribution in [0.15, 0.2) is 97.1 Å². The summed E-state index contributed by atoms with van der Waals surface area (Å²) in [6, 6.07) is 15.5. The number of hydrogen-bond donors (Lipinski definition) is 2. The maximum atomic E-state index is 13.2. The van der Waals surface area contributed by atoms with Gasteiger partial charge in [-0.1, -0.05) is 79.8 Å². The number of amides is 1. The van der Waals surface area contributed by atoms with Gasteiger partial charge in [0.15, 0.2) is 0 Å². The van der Waals surface area contributed by atoms with Crippen molar-refractivity contribution in [1.82, 2.24) is 5.32 Å². The number of hydrogen-bond acceptors (Lipinski definition) is 4. The molecule has 0 saturated carbocycles. The Hall–Kier alpha value is -4.80. The second-order valence-corrected chi connectivity index (χ2v) is 10.1. The van der Waals surface area contributed by atoms with Crippen LogP contribution in [0.2, 0.25) is 0 Å². The molecule has 0 fully saturated rings. The smallest absolute Gasteiger partial charge is 0.416 e. The van der Waals surface area contributed by atoms with Crippen LogP contribution in [-0.2, 0) is 22.1 Å². The first kappa shape index (κ1) is 34.7. The van der Waals surface area contributed by atoms with Gasteiger partial charge in [0.05, 0.1) is 18.2 Å². The number of carbonyl (C=O) groups excluding carboxylic acids is 2. The number of alkyl halides is 6. The van der Waals surface area contributed by atoms with E-state index in [2.05, 4.69) is 36.5 Å². The first-order chi connectivity index (χ1) is 21.3. The van der Waals surface area contributed by atoms with Crippen LogP contribution >= 0.6 is 0 Å². The molecule has 2 atom stereocenters. The molecule has 1 aliphatic carbocycles. The van der Waals surface area contributed by atoms with Crippen molar-refractivity contribution >= 4 is 17.4 Å². The van der Waals surface area contributed by atoms with Crippen molar-refractivity contribution in [3.8, 4) is 16.9 Å². The van der Waals surface area contributed by atoms with Crippen molar-refractivity contribution in [2.45, 2.75) is 38.7 Å². The lowest BCUT2D eigenvalue weighted by Gasteiger charge is -2.18. The Kier molecular flexibility index (Phi) is 12.2. The van der Waals surface area contributed by atoms with Gasteiger partial charge in [-0.2, -0.15) is 26.3 Å². The molecule has 4 rings (SSSR count). The zero-order chi connectivity index (χ0) is 33.1. The molecule has 238 valence electrons.